The van der Waals surface area contributed by atoms with Crippen LogP contribution in [0.25, 0.3) is 0 Å². The Morgan fingerprint density at radius 3 is 1.00 bits per heavy atom. The fourth-order valence-electron chi connectivity index (χ4n) is 1.97. The summed E-state index contributed by atoms with van der Waals surface area (Å²) in [6.07, 6.45) is 16.4. The highest BCUT2D eigenvalue weighted by Gasteiger charge is 2.47. The third kappa shape index (κ3) is 1.78. The molecule has 0 amide bonds. The number of terminal acetylenes is 3. The van der Waals surface area contributed by atoms with Gasteiger partial charge in [0, 0.05) is 0 Å². The van der Waals surface area contributed by atoms with Crippen LogP contribution in [0.3, 0.4) is 0 Å². The molecule has 1 heterocycles. The lowest BCUT2D eigenvalue weighted by Crippen LogP contribution is -2.74. The molecule has 0 spiro atoms. The second-order valence-electron chi connectivity index (χ2n) is 3.62. The molecule has 0 N–H and O–H groups in total. The summed E-state index contributed by atoms with van der Waals surface area (Å²) in [6, 6.07) is 0. The molecule has 0 bridgehead atoms. The van der Waals surface area contributed by atoms with Crippen LogP contribution in [0.15, 0.2) is 0 Å². The van der Waals surface area contributed by atoms with Crippen LogP contribution in [0.1, 0.15) is 0 Å². The number of nitrogens with zero attached hydrogens (tertiary/aromatic N) is 3. The van der Waals surface area contributed by atoms with E-state index in [-0.39, 0.29) is 20.9 Å². The molecule has 15 heavy (non-hydrogen) atoms. The second-order valence-corrected chi connectivity index (χ2v) is 3.62. The molecule has 0 aromatic rings. The Balaban J connectivity index is 3.07. The molecule has 0 unspecified atom stereocenters. The maximum atomic E-state index is 5.47. The first kappa shape index (κ1) is 11.8. The van der Waals surface area contributed by atoms with E-state index in [1.807, 2.05) is 35.3 Å². The van der Waals surface area contributed by atoms with E-state index in [0.717, 1.165) is 0 Å². The normalized spacial score (nSPS) is 19.6. The predicted octanol–water partition coefficient (Wildman–Crippen LogP) is -1.22. The third-order valence-electron chi connectivity index (χ3n) is 2.76. The maximum absolute atomic E-state index is 5.47. The van der Waals surface area contributed by atoms with Gasteiger partial charge < -0.3 is 14.2 Å². The van der Waals surface area contributed by atoms with Gasteiger partial charge in [-0.25, -0.2) is 0 Å². The molecule has 1 aliphatic heterocycles. The SMILES string of the molecule is C#CB1N(C)B(C#C)N(C)B(C#C)N1C. The summed E-state index contributed by atoms with van der Waals surface area (Å²) in [5.41, 5.74) is 0. The van der Waals surface area contributed by atoms with E-state index in [1.165, 1.54) is 0 Å². The highest BCUT2D eigenvalue weighted by Crippen LogP contribution is 2.13. The molecule has 1 rings (SSSR count). The maximum Gasteiger partial charge on any atom is 0.380 e. The van der Waals surface area contributed by atoms with Crippen LogP contribution in [0.4, 0.5) is 0 Å². The molecule has 0 aromatic heterocycles. The van der Waals surface area contributed by atoms with Crippen LogP contribution >= 0.6 is 0 Å². The fraction of sp³-hybridized carbons (Fsp3) is 0.333. The van der Waals surface area contributed by atoms with Crippen LogP contribution < -0.4 is 0 Å². The zero-order valence-electron chi connectivity index (χ0n) is 9.31. The minimum Gasteiger partial charge on any atom is -0.337 e. The van der Waals surface area contributed by atoms with Crippen LogP contribution in [0, 0.1) is 36.7 Å². The Labute approximate surface area is 93.5 Å². The Morgan fingerprint density at radius 1 is 0.667 bits per heavy atom. The van der Waals surface area contributed by atoms with Crippen molar-refractivity contribution in [3.63, 3.8) is 0 Å². The molecular weight excluding hydrogens is 183 g/mol. The van der Waals surface area contributed by atoms with Crippen molar-refractivity contribution < 1.29 is 0 Å². The van der Waals surface area contributed by atoms with Gasteiger partial charge in [0.1, 0.15) is 0 Å². The summed E-state index contributed by atoms with van der Waals surface area (Å²) >= 11 is 0. The molecule has 72 valence electrons. The summed E-state index contributed by atoms with van der Waals surface area (Å²) in [4.78, 5) is 0. The standard InChI is InChI=1S/C9H12B3N3/c1-7-10-13(4)11(8-2)15(6)12(9-3)14(10)5/h1-3H,4-6H3. The molecule has 3 nitrogen and oxygen atoms in total. The lowest BCUT2D eigenvalue weighted by Gasteiger charge is -2.44. The Kier molecular flexibility index (Phi) is 3.56. The van der Waals surface area contributed by atoms with Gasteiger partial charge >= 0.3 is 20.9 Å². The quantitative estimate of drug-likeness (QED) is 0.354. The minimum absolute atomic E-state index is 0.164. The molecule has 0 atom stereocenters. The molecule has 1 saturated heterocycles. The van der Waals surface area contributed by atoms with E-state index in [4.69, 9.17) is 19.3 Å². The smallest absolute Gasteiger partial charge is 0.337 e. The van der Waals surface area contributed by atoms with Gasteiger partial charge in [-0.1, -0.05) is 0 Å². The van der Waals surface area contributed by atoms with E-state index in [1.54, 1.807) is 0 Å². The Bertz CT molecular complexity index is 295. The summed E-state index contributed by atoms with van der Waals surface area (Å²) < 4.78 is 5.82. The van der Waals surface area contributed by atoms with Gasteiger partial charge in [0.2, 0.25) is 0 Å². The largest absolute Gasteiger partial charge is 0.380 e. The van der Waals surface area contributed by atoms with Crippen molar-refractivity contribution in [1.82, 2.24) is 14.2 Å². The van der Waals surface area contributed by atoms with Crippen LogP contribution in [-0.2, 0) is 0 Å². The van der Waals surface area contributed by atoms with E-state index in [0.29, 0.717) is 0 Å². The molecule has 1 fully saturated rings. The number of hydrogen-bond acceptors (Lipinski definition) is 3. The van der Waals surface area contributed by atoms with E-state index >= 15 is 0 Å². The van der Waals surface area contributed by atoms with Crippen molar-refractivity contribution in [1.29, 1.82) is 0 Å². The average Bonchev–Trinajstić information content (AvgIpc) is 2.19. The molecule has 6 heteroatoms. The number of hydrogen-bond donors (Lipinski definition) is 0. The lowest BCUT2D eigenvalue weighted by atomic mass is 9.44. The Hall–Kier alpha value is -1.25. The van der Waals surface area contributed by atoms with Crippen molar-refractivity contribution in [2.24, 2.45) is 0 Å². The molecule has 1 aliphatic rings. The highest BCUT2D eigenvalue weighted by molar-refractivity contribution is 6.93. The average molecular weight is 195 g/mol. The van der Waals surface area contributed by atoms with Crippen molar-refractivity contribution in [3.05, 3.63) is 0 Å². The van der Waals surface area contributed by atoms with Crippen LogP contribution in [0.5, 0.6) is 0 Å². The molecule has 0 aromatic carbocycles. The summed E-state index contributed by atoms with van der Waals surface area (Å²) in [7, 11) is 5.69. The van der Waals surface area contributed by atoms with E-state index < -0.39 is 0 Å². The predicted molar refractivity (Wildman–Crippen MR) is 67.1 cm³/mol. The minimum atomic E-state index is -0.164. The highest BCUT2D eigenvalue weighted by atomic mass is 15.3. The lowest BCUT2D eigenvalue weighted by molar-refractivity contribution is 0.564. The second kappa shape index (κ2) is 4.52. The van der Waals surface area contributed by atoms with E-state index in [2.05, 4.69) is 17.5 Å². The topological polar surface area (TPSA) is 9.72 Å². The molecular formula is C9H12B3N3. The van der Waals surface area contributed by atoms with E-state index in [9.17, 15) is 0 Å². The van der Waals surface area contributed by atoms with Crippen molar-refractivity contribution in [2.45, 2.75) is 0 Å². The third-order valence-corrected chi connectivity index (χ3v) is 2.76. The van der Waals surface area contributed by atoms with Gasteiger partial charge in [-0.15, -0.1) is 36.7 Å². The van der Waals surface area contributed by atoms with Crippen molar-refractivity contribution in [3.8, 4) is 36.7 Å². The first-order valence-electron chi connectivity index (χ1n) is 4.62. The van der Waals surface area contributed by atoms with Gasteiger partial charge in [0.05, 0.1) is 0 Å². The molecule has 0 aliphatic carbocycles. The van der Waals surface area contributed by atoms with Gasteiger partial charge in [0.15, 0.2) is 0 Å². The van der Waals surface area contributed by atoms with Gasteiger partial charge in [-0.2, -0.15) is 0 Å². The summed E-state index contributed by atoms with van der Waals surface area (Å²) in [6.45, 7) is -0.491. The van der Waals surface area contributed by atoms with Crippen molar-refractivity contribution in [2.75, 3.05) is 21.1 Å². The summed E-state index contributed by atoms with van der Waals surface area (Å²) in [5.74, 6) is 8.06. The summed E-state index contributed by atoms with van der Waals surface area (Å²) in [5, 5.41) is 0. The first-order chi connectivity index (χ1) is 7.08. The van der Waals surface area contributed by atoms with Crippen LogP contribution in [0.2, 0.25) is 0 Å². The van der Waals surface area contributed by atoms with Crippen molar-refractivity contribution >= 4 is 20.9 Å². The zero-order chi connectivity index (χ0) is 11.6. The fourth-order valence-corrected chi connectivity index (χ4v) is 1.97. The monoisotopic (exact) mass is 195 g/mol. The molecule has 0 saturated carbocycles. The van der Waals surface area contributed by atoms with Gasteiger partial charge in [-0.3, -0.25) is 0 Å². The van der Waals surface area contributed by atoms with Crippen LogP contribution in [-0.4, -0.2) is 56.3 Å². The molecule has 0 radical (unpaired) electrons. The van der Waals surface area contributed by atoms with Gasteiger partial charge in [-0.05, 0) is 21.1 Å². The number of rotatable bonds is 0. The Morgan fingerprint density at radius 2 is 0.867 bits per heavy atom. The van der Waals surface area contributed by atoms with Gasteiger partial charge in [0.25, 0.3) is 0 Å². The first-order valence-corrected chi connectivity index (χ1v) is 4.62. The zero-order valence-corrected chi connectivity index (χ0v) is 9.31.